The smallest absolute Gasteiger partial charge is 0.193 e. The number of hydrogen-bond donors (Lipinski definition) is 1. The first-order valence-corrected chi connectivity index (χ1v) is 8.94. The van der Waals surface area contributed by atoms with Crippen molar-refractivity contribution in [2.24, 2.45) is 10.9 Å². The lowest BCUT2D eigenvalue weighted by Gasteiger charge is -2.34. The molecule has 4 nitrogen and oxygen atoms in total. The highest BCUT2D eigenvalue weighted by atomic mass is 16.5. The molecule has 1 aliphatic carbocycles. The molecule has 2 atom stereocenters. The Bertz CT molecular complexity index is 509. The van der Waals surface area contributed by atoms with Crippen molar-refractivity contribution in [2.45, 2.75) is 38.2 Å². The van der Waals surface area contributed by atoms with E-state index in [0.29, 0.717) is 6.10 Å². The fourth-order valence-electron chi connectivity index (χ4n) is 3.61. The Morgan fingerprint density at radius 1 is 1.26 bits per heavy atom. The highest BCUT2D eigenvalue weighted by Crippen LogP contribution is 2.46. The molecule has 0 amide bonds. The Balaban J connectivity index is 1.43. The lowest BCUT2D eigenvalue weighted by molar-refractivity contribution is 0.0264. The Morgan fingerprint density at radius 3 is 2.65 bits per heavy atom. The summed E-state index contributed by atoms with van der Waals surface area (Å²) in [4.78, 5) is 6.84. The van der Waals surface area contributed by atoms with E-state index in [1.165, 1.54) is 12.0 Å². The van der Waals surface area contributed by atoms with Gasteiger partial charge < -0.3 is 15.0 Å². The van der Waals surface area contributed by atoms with Gasteiger partial charge >= 0.3 is 0 Å². The molecule has 1 aliphatic heterocycles. The third-order valence-electron chi connectivity index (χ3n) is 5.03. The minimum absolute atomic E-state index is 0.431. The normalized spacial score (nSPS) is 25.5. The van der Waals surface area contributed by atoms with E-state index in [4.69, 9.17) is 4.74 Å². The zero-order valence-electron chi connectivity index (χ0n) is 14.4. The van der Waals surface area contributed by atoms with Crippen LogP contribution in [0.5, 0.6) is 0 Å². The summed E-state index contributed by atoms with van der Waals surface area (Å²) in [5.74, 6) is 2.53. The van der Waals surface area contributed by atoms with Gasteiger partial charge in [-0.3, -0.25) is 4.99 Å². The lowest BCUT2D eigenvalue weighted by Crippen LogP contribution is -2.47. The van der Waals surface area contributed by atoms with E-state index in [1.54, 1.807) is 0 Å². The number of benzene rings is 1. The molecule has 0 radical (unpaired) electrons. The number of guanidine groups is 1. The molecule has 126 valence electrons. The standard InChI is InChI=1S/C19H29N3O/c1-3-23-17-9-11-22(12-10-17)19(20-2)21-14-16-13-18(16)15-7-5-4-6-8-15/h4-8,16-18H,3,9-14H2,1-2H3,(H,20,21). The Morgan fingerprint density at radius 2 is 2.00 bits per heavy atom. The topological polar surface area (TPSA) is 36.9 Å². The summed E-state index contributed by atoms with van der Waals surface area (Å²) >= 11 is 0. The van der Waals surface area contributed by atoms with Crippen LogP contribution in [0.3, 0.4) is 0 Å². The van der Waals surface area contributed by atoms with Crippen molar-refractivity contribution in [1.29, 1.82) is 0 Å². The number of rotatable bonds is 5. The van der Waals surface area contributed by atoms with Crippen molar-refractivity contribution >= 4 is 5.96 Å². The van der Waals surface area contributed by atoms with Crippen LogP contribution in [0.2, 0.25) is 0 Å². The lowest BCUT2D eigenvalue weighted by atomic mass is 10.1. The SMILES string of the molecule is CCOC1CCN(C(=NC)NCC2CC2c2ccccc2)CC1. The van der Waals surface area contributed by atoms with E-state index in [0.717, 1.165) is 56.9 Å². The average Bonchev–Trinajstić information content (AvgIpc) is 3.37. The van der Waals surface area contributed by atoms with Crippen LogP contribution in [0.4, 0.5) is 0 Å². The van der Waals surface area contributed by atoms with Crippen molar-refractivity contribution in [2.75, 3.05) is 33.3 Å². The molecule has 2 aliphatic rings. The van der Waals surface area contributed by atoms with E-state index in [1.807, 2.05) is 7.05 Å². The van der Waals surface area contributed by atoms with Gasteiger partial charge in [-0.25, -0.2) is 0 Å². The minimum atomic E-state index is 0.431. The molecule has 1 heterocycles. The van der Waals surface area contributed by atoms with Gasteiger partial charge in [-0.15, -0.1) is 0 Å². The summed E-state index contributed by atoms with van der Waals surface area (Å²) in [6.07, 6.45) is 3.93. The first kappa shape index (κ1) is 16.3. The number of piperidine rings is 1. The third kappa shape index (κ3) is 4.25. The number of likely N-dealkylation sites (tertiary alicyclic amines) is 1. The first-order valence-electron chi connectivity index (χ1n) is 8.94. The zero-order valence-corrected chi connectivity index (χ0v) is 14.4. The predicted octanol–water partition coefficient (Wildman–Crippen LogP) is 2.87. The molecule has 23 heavy (non-hydrogen) atoms. The van der Waals surface area contributed by atoms with Crippen LogP contribution < -0.4 is 5.32 Å². The number of nitrogens with zero attached hydrogens (tertiary/aromatic N) is 2. The second-order valence-electron chi connectivity index (χ2n) is 6.58. The highest BCUT2D eigenvalue weighted by molar-refractivity contribution is 5.80. The molecule has 2 fully saturated rings. The Hall–Kier alpha value is -1.55. The van der Waals surface area contributed by atoms with Gasteiger partial charge in [-0.2, -0.15) is 0 Å². The Labute approximate surface area is 139 Å². The molecule has 4 heteroatoms. The fraction of sp³-hybridized carbons (Fsp3) is 0.632. The molecular formula is C19H29N3O. The number of hydrogen-bond acceptors (Lipinski definition) is 2. The molecule has 2 unspecified atom stereocenters. The van der Waals surface area contributed by atoms with E-state index < -0.39 is 0 Å². The molecular weight excluding hydrogens is 286 g/mol. The van der Waals surface area contributed by atoms with Crippen molar-refractivity contribution < 1.29 is 4.74 Å². The second kappa shape index (κ2) is 7.82. The van der Waals surface area contributed by atoms with Crippen LogP contribution in [-0.2, 0) is 4.74 Å². The zero-order chi connectivity index (χ0) is 16.1. The van der Waals surface area contributed by atoms with E-state index in [2.05, 4.69) is 52.5 Å². The summed E-state index contributed by atoms with van der Waals surface area (Å²) in [6.45, 7) is 6.00. The average molecular weight is 315 g/mol. The van der Waals surface area contributed by atoms with Gasteiger partial charge in [0.1, 0.15) is 0 Å². The van der Waals surface area contributed by atoms with Crippen molar-refractivity contribution in [3.8, 4) is 0 Å². The monoisotopic (exact) mass is 315 g/mol. The maximum atomic E-state index is 5.73. The van der Waals surface area contributed by atoms with Crippen LogP contribution in [-0.4, -0.2) is 50.3 Å². The molecule has 1 aromatic rings. The Kier molecular flexibility index (Phi) is 5.55. The van der Waals surface area contributed by atoms with Crippen LogP contribution in [0.25, 0.3) is 0 Å². The number of nitrogens with one attached hydrogen (secondary N) is 1. The van der Waals surface area contributed by atoms with Crippen LogP contribution in [0.1, 0.15) is 37.7 Å². The molecule has 1 saturated heterocycles. The van der Waals surface area contributed by atoms with E-state index >= 15 is 0 Å². The first-order chi connectivity index (χ1) is 11.3. The van der Waals surface area contributed by atoms with Gasteiger partial charge in [-0.1, -0.05) is 30.3 Å². The molecule has 1 N–H and O–H groups in total. The van der Waals surface area contributed by atoms with Gasteiger partial charge in [0, 0.05) is 33.3 Å². The van der Waals surface area contributed by atoms with Gasteiger partial charge in [-0.05, 0) is 43.6 Å². The fourth-order valence-corrected chi connectivity index (χ4v) is 3.61. The molecule has 0 aromatic heterocycles. The minimum Gasteiger partial charge on any atom is -0.378 e. The number of aliphatic imine (C=N–C) groups is 1. The van der Waals surface area contributed by atoms with Gasteiger partial charge in [0.2, 0.25) is 0 Å². The molecule has 0 bridgehead atoms. The maximum absolute atomic E-state index is 5.73. The third-order valence-corrected chi connectivity index (χ3v) is 5.03. The molecule has 3 rings (SSSR count). The summed E-state index contributed by atoms with van der Waals surface area (Å²) in [5.41, 5.74) is 1.48. The van der Waals surface area contributed by atoms with Gasteiger partial charge in [0.15, 0.2) is 5.96 Å². The molecule has 0 spiro atoms. The largest absolute Gasteiger partial charge is 0.378 e. The van der Waals surface area contributed by atoms with Crippen molar-refractivity contribution in [3.63, 3.8) is 0 Å². The quantitative estimate of drug-likeness (QED) is 0.670. The molecule has 1 aromatic carbocycles. The highest BCUT2D eigenvalue weighted by Gasteiger charge is 2.38. The summed E-state index contributed by atoms with van der Waals surface area (Å²) in [5, 5.41) is 3.58. The van der Waals surface area contributed by atoms with Crippen LogP contribution >= 0.6 is 0 Å². The summed E-state index contributed by atoms with van der Waals surface area (Å²) in [7, 11) is 1.89. The summed E-state index contributed by atoms with van der Waals surface area (Å²) in [6, 6.07) is 10.9. The van der Waals surface area contributed by atoms with Crippen molar-refractivity contribution in [1.82, 2.24) is 10.2 Å². The number of ether oxygens (including phenoxy) is 1. The van der Waals surface area contributed by atoms with Crippen molar-refractivity contribution in [3.05, 3.63) is 35.9 Å². The van der Waals surface area contributed by atoms with E-state index in [-0.39, 0.29) is 0 Å². The molecule has 1 saturated carbocycles. The van der Waals surface area contributed by atoms with Gasteiger partial charge in [0.25, 0.3) is 0 Å². The second-order valence-corrected chi connectivity index (χ2v) is 6.58. The van der Waals surface area contributed by atoms with Gasteiger partial charge in [0.05, 0.1) is 6.10 Å². The predicted molar refractivity (Wildman–Crippen MR) is 94.9 cm³/mol. The summed E-state index contributed by atoms with van der Waals surface area (Å²) < 4.78 is 5.73. The van der Waals surface area contributed by atoms with Crippen LogP contribution in [0.15, 0.2) is 35.3 Å². The van der Waals surface area contributed by atoms with Crippen LogP contribution in [0, 0.1) is 5.92 Å². The maximum Gasteiger partial charge on any atom is 0.193 e. The van der Waals surface area contributed by atoms with E-state index in [9.17, 15) is 0 Å².